The highest BCUT2D eigenvalue weighted by molar-refractivity contribution is 6.30. The van der Waals surface area contributed by atoms with Gasteiger partial charge in [0, 0.05) is 57.6 Å². The van der Waals surface area contributed by atoms with Crippen LogP contribution in [-0.4, -0.2) is 77.3 Å². The highest BCUT2D eigenvalue weighted by Crippen LogP contribution is 2.32. The van der Waals surface area contributed by atoms with Gasteiger partial charge in [-0.3, -0.25) is 19.5 Å². The predicted molar refractivity (Wildman–Crippen MR) is 92.0 cm³/mol. The van der Waals surface area contributed by atoms with Crippen LogP contribution < -0.4 is 0 Å². The molecule has 1 aromatic rings. The molecule has 2 amide bonds. The number of hydrogen-bond donors (Lipinski definition) is 0. The standard InChI is InChI=1S/C17H23ClN4O2/c1-20-6-5-17(4-3-15(20)23)12-22(8-7-21(17)2)16(24)13-9-14(18)11-19-10-13/h9-11H,3-8,12H2,1-2H3. The second kappa shape index (κ2) is 6.69. The summed E-state index contributed by atoms with van der Waals surface area (Å²) in [4.78, 5) is 34.9. The molecule has 2 aliphatic rings. The SMILES string of the molecule is CN1CCC2(CCC1=O)CN(C(=O)c1cncc(Cl)c1)CCN2C. The van der Waals surface area contributed by atoms with Gasteiger partial charge in [-0.25, -0.2) is 0 Å². The van der Waals surface area contributed by atoms with Gasteiger partial charge in [0.05, 0.1) is 10.6 Å². The second-order valence-electron chi connectivity index (χ2n) is 6.83. The zero-order valence-corrected chi connectivity index (χ0v) is 14.9. The molecule has 3 rings (SSSR count). The second-order valence-corrected chi connectivity index (χ2v) is 7.27. The molecule has 2 saturated heterocycles. The molecular weight excluding hydrogens is 328 g/mol. The van der Waals surface area contributed by atoms with Crippen LogP contribution in [0.1, 0.15) is 29.6 Å². The maximum absolute atomic E-state index is 12.8. The summed E-state index contributed by atoms with van der Waals surface area (Å²) in [5.41, 5.74) is 0.379. The number of likely N-dealkylation sites (tertiary alicyclic amines) is 1. The van der Waals surface area contributed by atoms with Crippen LogP contribution >= 0.6 is 11.6 Å². The molecule has 1 spiro atoms. The van der Waals surface area contributed by atoms with Crippen molar-refractivity contribution in [1.82, 2.24) is 19.7 Å². The molecule has 0 aromatic carbocycles. The van der Waals surface area contributed by atoms with Crippen molar-refractivity contribution in [1.29, 1.82) is 0 Å². The molecule has 0 N–H and O–H groups in total. The van der Waals surface area contributed by atoms with Gasteiger partial charge in [-0.15, -0.1) is 0 Å². The molecule has 0 saturated carbocycles. The van der Waals surface area contributed by atoms with Crippen molar-refractivity contribution in [2.75, 3.05) is 40.3 Å². The quantitative estimate of drug-likeness (QED) is 0.770. The Morgan fingerprint density at radius 2 is 2.00 bits per heavy atom. The average molecular weight is 351 g/mol. The summed E-state index contributed by atoms with van der Waals surface area (Å²) >= 11 is 5.96. The number of pyridine rings is 1. The van der Waals surface area contributed by atoms with Gasteiger partial charge < -0.3 is 9.80 Å². The number of amides is 2. The Bertz CT molecular complexity index is 653. The molecule has 2 aliphatic heterocycles. The van der Waals surface area contributed by atoms with Crippen LogP contribution in [-0.2, 0) is 4.79 Å². The van der Waals surface area contributed by atoms with Crippen molar-refractivity contribution in [3.63, 3.8) is 0 Å². The summed E-state index contributed by atoms with van der Waals surface area (Å²) in [6.07, 6.45) is 5.27. The zero-order chi connectivity index (χ0) is 17.3. The molecule has 2 fully saturated rings. The lowest BCUT2D eigenvalue weighted by Crippen LogP contribution is -2.62. The molecule has 1 aromatic heterocycles. The number of rotatable bonds is 1. The minimum Gasteiger partial charge on any atom is -0.346 e. The van der Waals surface area contributed by atoms with Gasteiger partial charge in [0.2, 0.25) is 5.91 Å². The monoisotopic (exact) mass is 350 g/mol. The number of carbonyl (C=O) groups excluding carboxylic acids is 2. The van der Waals surface area contributed by atoms with Crippen LogP contribution in [0.2, 0.25) is 5.02 Å². The first-order chi connectivity index (χ1) is 11.4. The molecule has 1 atom stereocenters. The molecule has 0 bridgehead atoms. The van der Waals surface area contributed by atoms with E-state index in [1.807, 2.05) is 11.9 Å². The topological polar surface area (TPSA) is 56.8 Å². The fraction of sp³-hybridized carbons (Fsp3) is 0.588. The fourth-order valence-electron chi connectivity index (χ4n) is 3.64. The Hall–Kier alpha value is -1.66. The predicted octanol–water partition coefficient (Wildman–Crippen LogP) is 1.50. The maximum atomic E-state index is 12.8. The zero-order valence-electron chi connectivity index (χ0n) is 14.2. The van der Waals surface area contributed by atoms with Crippen molar-refractivity contribution in [2.45, 2.75) is 24.8 Å². The van der Waals surface area contributed by atoms with Gasteiger partial charge in [-0.1, -0.05) is 11.6 Å². The van der Waals surface area contributed by atoms with E-state index in [4.69, 9.17) is 11.6 Å². The van der Waals surface area contributed by atoms with E-state index in [9.17, 15) is 9.59 Å². The summed E-state index contributed by atoms with van der Waals surface area (Å²) in [6, 6.07) is 1.66. The average Bonchev–Trinajstić information content (AvgIpc) is 2.71. The molecule has 7 heteroatoms. The Balaban J connectivity index is 1.80. The van der Waals surface area contributed by atoms with Crippen molar-refractivity contribution in [3.8, 4) is 0 Å². The summed E-state index contributed by atoms with van der Waals surface area (Å²) in [7, 11) is 3.95. The molecule has 24 heavy (non-hydrogen) atoms. The Morgan fingerprint density at radius 3 is 2.75 bits per heavy atom. The van der Waals surface area contributed by atoms with Gasteiger partial charge in [0.15, 0.2) is 0 Å². The van der Waals surface area contributed by atoms with Crippen molar-refractivity contribution < 1.29 is 9.59 Å². The molecule has 0 aliphatic carbocycles. The van der Waals surface area contributed by atoms with Crippen molar-refractivity contribution in [3.05, 3.63) is 29.0 Å². The van der Waals surface area contributed by atoms with Crippen LogP contribution in [0.15, 0.2) is 18.5 Å². The summed E-state index contributed by atoms with van der Waals surface area (Å²) in [6.45, 7) is 2.84. The molecule has 3 heterocycles. The molecule has 1 unspecified atom stereocenters. The highest BCUT2D eigenvalue weighted by Gasteiger charge is 2.43. The van der Waals surface area contributed by atoms with Gasteiger partial charge in [-0.05, 0) is 26.0 Å². The van der Waals surface area contributed by atoms with Gasteiger partial charge in [0.25, 0.3) is 5.91 Å². The maximum Gasteiger partial charge on any atom is 0.255 e. The van der Waals surface area contributed by atoms with E-state index >= 15 is 0 Å². The number of carbonyl (C=O) groups is 2. The number of hydrogen-bond acceptors (Lipinski definition) is 4. The van der Waals surface area contributed by atoms with E-state index in [0.29, 0.717) is 30.1 Å². The molecule has 130 valence electrons. The van der Waals surface area contributed by atoms with E-state index in [2.05, 4.69) is 16.9 Å². The fourth-order valence-corrected chi connectivity index (χ4v) is 3.82. The Morgan fingerprint density at radius 1 is 1.21 bits per heavy atom. The van der Waals surface area contributed by atoms with Crippen LogP contribution in [0, 0.1) is 0 Å². The molecule has 0 radical (unpaired) electrons. The Labute approximate surface area is 147 Å². The smallest absolute Gasteiger partial charge is 0.255 e. The summed E-state index contributed by atoms with van der Waals surface area (Å²) in [5.74, 6) is 0.143. The van der Waals surface area contributed by atoms with Crippen LogP contribution in [0.3, 0.4) is 0 Å². The number of likely N-dealkylation sites (N-methyl/N-ethyl adjacent to an activating group) is 1. The van der Waals surface area contributed by atoms with Crippen LogP contribution in [0.4, 0.5) is 0 Å². The molecule has 6 nitrogen and oxygen atoms in total. The van der Waals surface area contributed by atoms with Crippen molar-refractivity contribution in [2.24, 2.45) is 0 Å². The van der Waals surface area contributed by atoms with Gasteiger partial charge >= 0.3 is 0 Å². The normalized spacial score (nSPS) is 25.9. The largest absolute Gasteiger partial charge is 0.346 e. The third-order valence-corrected chi connectivity index (χ3v) is 5.59. The minimum atomic E-state index is -0.139. The summed E-state index contributed by atoms with van der Waals surface area (Å²) in [5, 5.41) is 0.464. The first-order valence-electron chi connectivity index (χ1n) is 8.26. The van der Waals surface area contributed by atoms with Gasteiger partial charge in [0.1, 0.15) is 0 Å². The van der Waals surface area contributed by atoms with E-state index in [-0.39, 0.29) is 17.4 Å². The van der Waals surface area contributed by atoms with Crippen LogP contribution in [0.5, 0.6) is 0 Å². The lowest BCUT2D eigenvalue weighted by Gasteiger charge is -2.49. The third-order valence-electron chi connectivity index (χ3n) is 5.38. The number of nitrogens with zero attached hydrogens (tertiary/aromatic N) is 4. The molecular formula is C17H23ClN4O2. The summed E-state index contributed by atoms with van der Waals surface area (Å²) < 4.78 is 0. The Kier molecular flexibility index (Phi) is 4.78. The van der Waals surface area contributed by atoms with E-state index in [1.165, 1.54) is 6.20 Å². The number of halogens is 1. The van der Waals surface area contributed by atoms with E-state index in [0.717, 1.165) is 25.9 Å². The van der Waals surface area contributed by atoms with Crippen molar-refractivity contribution >= 4 is 23.4 Å². The van der Waals surface area contributed by atoms with E-state index in [1.54, 1.807) is 17.2 Å². The number of aromatic nitrogens is 1. The van der Waals surface area contributed by atoms with Gasteiger partial charge in [-0.2, -0.15) is 0 Å². The first kappa shape index (κ1) is 17.2. The van der Waals surface area contributed by atoms with E-state index < -0.39 is 0 Å². The lowest BCUT2D eigenvalue weighted by atomic mass is 9.86. The van der Waals surface area contributed by atoms with Crippen LogP contribution in [0.25, 0.3) is 0 Å². The highest BCUT2D eigenvalue weighted by atomic mass is 35.5. The number of piperazine rings is 1. The first-order valence-corrected chi connectivity index (χ1v) is 8.64. The minimum absolute atomic E-state index is 0.0404. The third kappa shape index (κ3) is 3.26. The lowest BCUT2D eigenvalue weighted by molar-refractivity contribution is -0.129.